The first-order chi connectivity index (χ1) is 16.4. The van der Waals surface area contributed by atoms with E-state index in [1.807, 2.05) is 37.3 Å². The number of halogens is 1. The zero-order valence-electron chi connectivity index (χ0n) is 18.6. The van der Waals surface area contributed by atoms with Crippen molar-refractivity contribution in [3.05, 3.63) is 112 Å². The van der Waals surface area contributed by atoms with Gasteiger partial charge in [-0.15, -0.1) is 0 Å². The predicted molar refractivity (Wildman–Crippen MR) is 143 cm³/mol. The van der Waals surface area contributed by atoms with Crippen molar-refractivity contribution in [2.45, 2.75) is 23.3 Å². The Bertz CT molecular complexity index is 1400. The van der Waals surface area contributed by atoms with Crippen LogP contribution in [0.25, 0.3) is 10.8 Å². The molecule has 0 radical (unpaired) electrons. The van der Waals surface area contributed by atoms with E-state index in [0.29, 0.717) is 22.0 Å². The molecule has 1 heterocycles. The number of primary amides is 1. The smallest absolute Gasteiger partial charge is 0.259 e. The molecule has 7 heteroatoms. The van der Waals surface area contributed by atoms with Crippen molar-refractivity contribution >= 4 is 50.9 Å². The van der Waals surface area contributed by atoms with Crippen molar-refractivity contribution in [2.24, 2.45) is 5.73 Å². The third-order valence-electron chi connectivity index (χ3n) is 5.92. The maximum absolute atomic E-state index is 13.3. The average Bonchev–Trinajstić information content (AvgIpc) is 2.86. The summed E-state index contributed by atoms with van der Waals surface area (Å²) in [5, 5.41) is 3.95. The number of carbonyl (C=O) groups excluding carboxylic acids is 2. The van der Waals surface area contributed by atoms with E-state index in [9.17, 15) is 14.4 Å². The molecule has 0 unspecified atom stereocenters. The third-order valence-corrected chi connectivity index (χ3v) is 6.80. The molecule has 4 aromatic rings. The van der Waals surface area contributed by atoms with Gasteiger partial charge in [-0.3, -0.25) is 19.0 Å². The minimum atomic E-state index is -0.929. The number of nitrogens with zero attached hydrogens (tertiary/aromatic N) is 1. The van der Waals surface area contributed by atoms with Gasteiger partial charge in [-0.05, 0) is 41.8 Å². The molecule has 6 nitrogen and oxygen atoms in total. The number of anilines is 1. The molecule has 0 saturated heterocycles. The molecule has 0 aliphatic rings. The van der Waals surface area contributed by atoms with E-state index < -0.39 is 11.9 Å². The molecule has 2 atom stereocenters. The maximum Gasteiger partial charge on any atom is 0.259 e. The minimum absolute atomic E-state index is 0.168. The summed E-state index contributed by atoms with van der Waals surface area (Å²) in [6, 6.07) is 22.9. The van der Waals surface area contributed by atoms with Gasteiger partial charge in [-0.25, -0.2) is 0 Å². The second-order valence-electron chi connectivity index (χ2n) is 8.10. The van der Waals surface area contributed by atoms with Gasteiger partial charge in [0.15, 0.2) is 0 Å². The van der Waals surface area contributed by atoms with Crippen LogP contribution < -0.4 is 16.6 Å². The summed E-state index contributed by atoms with van der Waals surface area (Å²) >= 11 is 2.30. The lowest BCUT2D eigenvalue weighted by molar-refractivity contribution is -0.120. The highest BCUT2D eigenvalue weighted by atomic mass is 127. The molecule has 172 valence electrons. The van der Waals surface area contributed by atoms with E-state index in [0.717, 1.165) is 9.99 Å². The Morgan fingerprint density at radius 3 is 2.26 bits per heavy atom. The zero-order valence-corrected chi connectivity index (χ0v) is 20.7. The molecule has 3 aromatic carbocycles. The molecule has 0 saturated carbocycles. The van der Waals surface area contributed by atoms with Crippen LogP contribution in [0.3, 0.4) is 0 Å². The number of benzene rings is 3. The SMILES string of the molecule is C[C@H](C(=O)Nc1cccc2c(=O)n([C@@H](C(N)=O)c3ccccc3)ccc12)c1ccc(CI)cc1. The van der Waals surface area contributed by atoms with Crippen molar-refractivity contribution in [3.63, 3.8) is 0 Å². The zero-order chi connectivity index (χ0) is 24.2. The first kappa shape index (κ1) is 23.7. The van der Waals surface area contributed by atoms with Gasteiger partial charge in [0.05, 0.1) is 5.92 Å². The van der Waals surface area contributed by atoms with Crippen molar-refractivity contribution in [1.82, 2.24) is 4.57 Å². The summed E-state index contributed by atoms with van der Waals surface area (Å²) in [6.07, 6.45) is 1.55. The van der Waals surface area contributed by atoms with Crippen molar-refractivity contribution < 1.29 is 9.59 Å². The number of alkyl halides is 1. The molecule has 2 amide bonds. The lowest BCUT2D eigenvalue weighted by atomic mass is 9.99. The largest absolute Gasteiger partial charge is 0.368 e. The van der Waals surface area contributed by atoms with Crippen LogP contribution >= 0.6 is 22.6 Å². The quantitative estimate of drug-likeness (QED) is 0.250. The van der Waals surface area contributed by atoms with E-state index in [4.69, 9.17) is 5.73 Å². The summed E-state index contributed by atoms with van der Waals surface area (Å²) in [5.41, 5.74) is 8.59. The number of fused-ring (bicyclic) bond motifs is 1. The summed E-state index contributed by atoms with van der Waals surface area (Å²) in [7, 11) is 0. The van der Waals surface area contributed by atoms with Crippen molar-refractivity contribution in [2.75, 3.05) is 5.32 Å². The van der Waals surface area contributed by atoms with Gasteiger partial charge in [-0.1, -0.05) is 83.3 Å². The number of aromatic nitrogens is 1. The molecule has 34 heavy (non-hydrogen) atoms. The highest BCUT2D eigenvalue weighted by molar-refractivity contribution is 14.1. The number of pyridine rings is 1. The van der Waals surface area contributed by atoms with Crippen LogP contribution in [0, 0.1) is 0 Å². The Labute approximate surface area is 210 Å². The van der Waals surface area contributed by atoms with Crippen LogP contribution in [0.2, 0.25) is 0 Å². The number of hydrogen-bond donors (Lipinski definition) is 2. The van der Waals surface area contributed by atoms with Crippen LogP contribution in [0.1, 0.15) is 35.6 Å². The molecule has 0 aliphatic carbocycles. The second-order valence-corrected chi connectivity index (χ2v) is 8.86. The number of rotatable bonds is 7. The molecule has 0 fully saturated rings. The van der Waals surface area contributed by atoms with Gasteiger partial charge in [-0.2, -0.15) is 0 Å². The Hall–Kier alpha value is -3.46. The fourth-order valence-electron chi connectivity index (χ4n) is 3.99. The number of nitrogens with one attached hydrogen (secondary N) is 1. The van der Waals surface area contributed by atoms with Gasteiger partial charge >= 0.3 is 0 Å². The van der Waals surface area contributed by atoms with Crippen LogP contribution in [0.4, 0.5) is 5.69 Å². The van der Waals surface area contributed by atoms with E-state index in [1.54, 1.807) is 54.7 Å². The van der Waals surface area contributed by atoms with Gasteiger partial charge in [0, 0.05) is 27.1 Å². The van der Waals surface area contributed by atoms with Crippen molar-refractivity contribution in [1.29, 1.82) is 0 Å². The van der Waals surface area contributed by atoms with Gasteiger partial charge in [0.1, 0.15) is 6.04 Å². The lowest BCUT2D eigenvalue weighted by Crippen LogP contribution is -2.34. The van der Waals surface area contributed by atoms with E-state index >= 15 is 0 Å². The fourth-order valence-corrected chi connectivity index (χ4v) is 4.50. The van der Waals surface area contributed by atoms with Crippen LogP contribution in [-0.2, 0) is 14.0 Å². The molecular weight excluding hydrogens is 541 g/mol. The third kappa shape index (κ3) is 4.75. The lowest BCUT2D eigenvalue weighted by Gasteiger charge is -2.19. The van der Waals surface area contributed by atoms with Gasteiger partial charge in [0.2, 0.25) is 11.8 Å². The Balaban J connectivity index is 1.68. The highest BCUT2D eigenvalue weighted by Crippen LogP contribution is 2.25. The molecular formula is C27H24IN3O3. The van der Waals surface area contributed by atoms with Crippen molar-refractivity contribution in [3.8, 4) is 0 Å². The Kier molecular flexibility index (Phi) is 7.12. The number of hydrogen-bond acceptors (Lipinski definition) is 3. The van der Waals surface area contributed by atoms with Crippen LogP contribution in [-0.4, -0.2) is 16.4 Å². The molecule has 0 aliphatic heterocycles. The molecule has 4 rings (SSSR count). The minimum Gasteiger partial charge on any atom is -0.368 e. The summed E-state index contributed by atoms with van der Waals surface area (Å²) in [6.45, 7) is 1.85. The van der Waals surface area contributed by atoms with E-state index in [-0.39, 0.29) is 17.4 Å². The topological polar surface area (TPSA) is 94.2 Å². The normalized spacial score (nSPS) is 12.8. The molecule has 0 spiro atoms. The monoisotopic (exact) mass is 565 g/mol. The fraction of sp³-hybridized carbons (Fsp3) is 0.148. The Morgan fingerprint density at radius 1 is 0.912 bits per heavy atom. The summed E-state index contributed by atoms with van der Waals surface area (Å²) in [5.74, 6) is -1.16. The molecule has 3 N–H and O–H groups in total. The Morgan fingerprint density at radius 2 is 1.62 bits per heavy atom. The number of amides is 2. The first-order valence-corrected chi connectivity index (χ1v) is 12.4. The average molecular weight is 565 g/mol. The molecule has 0 bridgehead atoms. The predicted octanol–water partition coefficient (Wildman–Crippen LogP) is 4.75. The first-order valence-electron chi connectivity index (χ1n) is 10.8. The molecule has 1 aromatic heterocycles. The summed E-state index contributed by atoms with van der Waals surface area (Å²) < 4.78 is 2.25. The second kappa shape index (κ2) is 10.2. The van der Waals surface area contributed by atoms with Crippen LogP contribution in [0.5, 0.6) is 0 Å². The van der Waals surface area contributed by atoms with E-state index in [1.165, 1.54) is 10.1 Å². The van der Waals surface area contributed by atoms with Gasteiger partial charge in [0.25, 0.3) is 5.56 Å². The number of carbonyl (C=O) groups is 2. The van der Waals surface area contributed by atoms with E-state index in [2.05, 4.69) is 27.9 Å². The standard InChI is InChI=1S/C27H24IN3O3/c1-17(19-12-10-18(16-28)11-13-19)26(33)30-23-9-5-8-22-21(23)14-15-31(27(22)34)24(25(29)32)20-6-3-2-4-7-20/h2-15,17,24H,16H2,1H3,(H2,29,32)(H,30,33)/t17-,24+/m0/s1. The van der Waals surface area contributed by atoms with Gasteiger partial charge < -0.3 is 11.1 Å². The summed E-state index contributed by atoms with van der Waals surface area (Å²) in [4.78, 5) is 38.6. The van der Waals surface area contributed by atoms with Crippen LogP contribution in [0.15, 0.2) is 89.9 Å². The number of nitrogens with two attached hydrogens (primary N) is 1. The highest BCUT2D eigenvalue weighted by Gasteiger charge is 2.22. The maximum atomic E-state index is 13.3.